The second kappa shape index (κ2) is 4.52. The molecule has 90 valence electrons. The Labute approximate surface area is 105 Å². The van der Waals surface area contributed by atoms with E-state index in [2.05, 4.69) is 70.2 Å². The molecule has 2 unspecified atom stereocenters. The van der Waals surface area contributed by atoms with E-state index in [0.717, 1.165) is 6.42 Å². The van der Waals surface area contributed by atoms with Gasteiger partial charge in [-0.1, -0.05) is 68.8 Å². The third-order valence-corrected chi connectivity index (χ3v) is 4.34. The van der Waals surface area contributed by atoms with Crippen LogP contribution in [0.3, 0.4) is 0 Å². The molecule has 1 aliphatic rings. The Balaban J connectivity index is 2.48. The van der Waals surface area contributed by atoms with Crippen molar-refractivity contribution in [2.45, 2.75) is 39.5 Å². The highest BCUT2D eigenvalue weighted by molar-refractivity contribution is 5.43. The summed E-state index contributed by atoms with van der Waals surface area (Å²) in [5.74, 6) is 0.582. The standard InChI is InChI=1S/C17H22/c1-5-15-10-8-12-17(4,14(15)3)16-11-7-6-9-13(16)2/h6-12,14H,5H2,1-4H3. The molecule has 0 aliphatic heterocycles. The van der Waals surface area contributed by atoms with E-state index in [4.69, 9.17) is 0 Å². The summed E-state index contributed by atoms with van der Waals surface area (Å²) in [5, 5.41) is 0. The molecule has 1 aromatic rings. The lowest BCUT2D eigenvalue weighted by atomic mass is 9.66. The zero-order chi connectivity index (χ0) is 12.5. The van der Waals surface area contributed by atoms with Gasteiger partial charge in [0.25, 0.3) is 0 Å². The van der Waals surface area contributed by atoms with Crippen LogP contribution in [-0.4, -0.2) is 0 Å². The average Bonchev–Trinajstić information content (AvgIpc) is 2.33. The molecular formula is C17H22. The van der Waals surface area contributed by atoms with Crippen LogP contribution in [0.4, 0.5) is 0 Å². The maximum atomic E-state index is 2.36. The fourth-order valence-corrected chi connectivity index (χ4v) is 2.97. The summed E-state index contributed by atoms with van der Waals surface area (Å²) in [6.07, 6.45) is 8.02. The second-order valence-electron chi connectivity index (χ2n) is 5.27. The van der Waals surface area contributed by atoms with Gasteiger partial charge < -0.3 is 0 Å². The highest BCUT2D eigenvalue weighted by Crippen LogP contribution is 2.42. The van der Waals surface area contributed by atoms with Crippen LogP contribution < -0.4 is 0 Å². The Kier molecular flexibility index (Phi) is 3.24. The van der Waals surface area contributed by atoms with Gasteiger partial charge in [0.15, 0.2) is 0 Å². The molecule has 17 heavy (non-hydrogen) atoms. The Morgan fingerprint density at radius 3 is 2.59 bits per heavy atom. The van der Waals surface area contributed by atoms with E-state index in [-0.39, 0.29) is 5.41 Å². The molecule has 0 saturated heterocycles. The summed E-state index contributed by atoms with van der Waals surface area (Å²) >= 11 is 0. The summed E-state index contributed by atoms with van der Waals surface area (Å²) in [4.78, 5) is 0. The van der Waals surface area contributed by atoms with Gasteiger partial charge in [0.2, 0.25) is 0 Å². The third-order valence-electron chi connectivity index (χ3n) is 4.34. The van der Waals surface area contributed by atoms with Crippen molar-refractivity contribution in [2.24, 2.45) is 5.92 Å². The summed E-state index contributed by atoms with van der Waals surface area (Å²) in [7, 11) is 0. The number of rotatable bonds is 2. The van der Waals surface area contributed by atoms with Crippen molar-refractivity contribution in [3.63, 3.8) is 0 Å². The highest BCUT2D eigenvalue weighted by Gasteiger charge is 2.34. The minimum absolute atomic E-state index is 0.144. The van der Waals surface area contributed by atoms with Crippen LogP contribution in [0.5, 0.6) is 0 Å². The maximum absolute atomic E-state index is 2.36. The van der Waals surface area contributed by atoms with E-state index in [0.29, 0.717) is 5.92 Å². The van der Waals surface area contributed by atoms with E-state index < -0.39 is 0 Å². The van der Waals surface area contributed by atoms with Crippen molar-refractivity contribution in [1.82, 2.24) is 0 Å². The first-order valence-corrected chi connectivity index (χ1v) is 6.54. The van der Waals surface area contributed by atoms with Crippen LogP contribution in [0.1, 0.15) is 38.3 Å². The number of hydrogen-bond acceptors (Lipinski definition) is 0. The summed E-state index contributed by atoms with van der Waals surface area (Å²) in [6, 6.07) is 8.76. The quantitative estimate of drug-likeness (QED) is 0.680. The van der Waals surface area contributed by atoms with Gasteiger partial charge in [-0.3, -0.25) is 0 Å². The molecule has 0 aromatic heterocycles. The van der Waals surface area contributed by atoms with Crippen molar-refractivity contribution >= 4 is 0 Å². The molecule has 0 heteroatoms. The molecule has 0 saturated carbocycles. The van der Waals surface area contributed by atoms with E-state index in [1.165, 1.54) is 11.1 Å². The molecule has 0 N–H and O–H groups in total. The average molecular weight is 226 g/mol. The fourth-order valence-electron chi connectivity index (χ4n) is 2.97. The van der Waals surface area contributed by atoms with Gasteiger partial charge in [-0.25, -0.2) is 0 Å². The zero-order valence-corrected chi connectivity index (χ0v) is 11.3. The molecule has 0 bridgehead atoms. The van der Waals surface area contributed by atoms with E-state index in [9.17, 15) is 0 Å². The van der Waals surface area contributed by atoms with Crippen molar-refractivity contribution in [3.8, 4) is 0 Å². The predicted molar refractivity (Wildman–Crippen MR) is 75.2 cm³/mol. The van der Waals surface area contributed by atoms with Crippen LogP contribution in [0.2, 0.25) is 0 Å². The first kappa shape index (κ1) is 12.2. The molecule has 0 heterocycles. The van der Waals surface area contributed by atoms with Gasteiger partial charge in [0.05, 0.1) is 0 Å². The molecule has 0 amide bonds. The van der Waals surface area contributed by atoms with Gasteiger partial charge in [0, 0.05) is 5.41 Å². The minimum Gasteiger partial charge on any atom is -0.0736 e. The zero-order valence-electron chi connectivity index (χ0n) is 11.3. The Morgan fingerprint density at radius 1 is 1.24 bits per heavy atom. The third kappa shape index (κ3) is 1.97. The lowest BCUT2D eigenvalue weighted by Crippen LogP contribution is -2.31. The molecule has 2 rings (SSSR count). The van der Waals surface area contributed by atoms with Crippen LogP contribution in [0.25, 0.3) is 0 Å². The van der Waals surface area contributed by atoms with E-state index in [1.54, 1.807) is 5.57 Å². The Morgan fingerprint density at radius 2 is 1.94 bits per heavy atom. The Hall–Kier alpha value is -1.30. The molecule has 0 spiro atoms. The van der Waals surface area contributed by atoms with Crippen LogP contribution >= 0.6 is 0 Å². The van der Waals surface area contributed by atoms with Crippen molar-refractivity contribution in [3.05, 3.63) is 59.2 Å². The monoisotopic (exact) mass is 226 g/mol. The molecule has 0 radical (unpaired) electrons. The van der Waals surface area contributed by atoms with Gasteiger partial charge >= 0.3 is 0 Å². The van der Waals surface area contributed by atoms with Crippen LogP contribution in [-0.2, 0) is 5.41 Å². The van der Waals surface area contributed by atoms with Crippen molar-refractivity contribution < 1.29 is 0 Å². The first-order chi connectivity index (χ1) is 8.09. The van der Waals surface area contributed by atoms with E-state index >= 15 is 0 Å². The number of benzene rings is 1. The molecule has 1 aliphatic carbocycles. The number of aryl methyl sites for hydroxylation is 1. The number of hydrogen-bond donors (Lipinski definition) is 0. The Bertz CT molecular complexity index is 465. The molecule has 0 fully saturated rings. The summed E-state index contributed by atoms with van der Waals surface area (Å²) in [6.45, 7) is 9.18. The maximum Gasteiger partial charge on any atom is 0.0172 e. The van der Waals surface area contributed by atoms with Crippen molar-refractivity contribution in [2.75, 3.05) is 0 Å². The fraction of sp³-hybridized carbons (Fsp3) is 0.412. The van der Waals surface area contributed by atoms with Crippen LogP contribution in [0.15, 0.2) is 48.1 Å². The molecule has 2 atom stereocenters. The van der Waals surface area contributed by atoms with Gasteiger partial charge in [-0.05, 0) is 30.4 Å². The summed E-state index contributed by atoms with van der Waals surface area (Å²) < 4.78 is 0. The predicted octanol–water partition coefficient (Wildman–Crippen LogP) is 4.80. The molecular weight excluding hydrogens is 204 g/mol. The first-order valence-electron chi connectivity index (χ1n) is 6.54. The normalized spacial score (nSPS) is 28.0. The molecule has 0 nitrogen and oxygen atoms in total. The lowest BCUT2D eigenvalue weighted by molar-refractivity contribution is 0.425. The second-order valence-corrected chi connectivity index (χ2v) is 5.27. The van der Waals surface area contributed by atoms with E-state index in [1.807, 2.05) is 0 Å². The van der Waals surface area contributed by atoms with Gasteiger partial charge in [-0.2, -0.15) is 0 Å². The summed E-state index contributed by atoms with van der Waals surface area (Å²) in [5.41, 5.74) is 4.55. The smallest absolute Gasteiger partial charge is 0.0172 e. The van der Waals surface area contributed by atoms with Crippen molar-refractivity contribution in [1.29, 1.82) is 0 Å². The van der Waals surface area contributed by atoms with Crippen LogP contribution in [0, 0.1) is 12.8 Å². The number of allylic oxidation sites excluding steroid dienone is 4. The SMILES string of the molecule is CCC1=CC=CC(C)(c2ccccc2C)C1C. The minimum atomic E-state index is 0.144. The van der Waals surface area contributed by atoms with Gasteiger partial charge in [-0.15, -0.1) is 0 Å². The largest absolute Gasteiger partial charge is 0.0736 e. The molecule has 1 aromatic carbocycles. The highest BCUT2D eigenvalue weighted by atomic mass is 14.4. The lowest BCUT2D eigenvalue weighted by Gasteiger charge is -2.38. The van der Waals surface area contributed by atoms with Gasteiger partial charge in [0.1, 0.15) is 0 Å². The topological polar surface area (TPSA) is 0 Å².